The highest BCUT2D eigenvalue weighted by Crippen LogP contribution is 2.10. The summed E-state index contributed by atoms with van der Waals surface area (Å²) in [6.45, 7) is 2.84. The molecule has 0 aromatic carbocycles. The molecule has 2 nitrogen and oxygen atoms in total. The monoisotopic (exact) mass is 137 g/mol. The fraction of sp³-hybridized carbons (Fsp3) is 0.375. The summed E-state index contributed by atoms with van der Waals surface area (Å²) < 4.78 is 0. The molecule has 2 heteroatoms. The van der Waals surface area contributed by atoms with Crippen LogP contribution in [-0.2, 0) is 4.79 Å². The van der Waals surface area contributed by atoms with E-state index < -0.39 is 0 Å². The minimum Gasteiger partial charge on any atom is -0.376 e. The molecule has 10 heavy (non-hydrogen) atoms. The highest BCUT2D eigenvalue weighted by atomic mass is 16.1. The summed E-state index contributed by atoms with van der Waals surface area (Å²) >= 11 is 0. The predicted molar refractivity (Wildman–Crippen MR) is 40.5 cm³/mol. The van der Waals surface area contributed by atoms with Crippen LogP contribution in [-0.4, -0.2) is 24.8 Å². The Kier molecular flexibility index (Phi) is 1.90. The Morgan fingerprint density at radius 3 is 2.90 bits per heavy atom. The van der Waals surface area contributed by atoms with Crippen LogP contribution in [0.1, 0.15) is 6.92 Å². The van der Waals surface area contributed by atoms with E-state index in [4.69, 9.17) is 0 Å². The largest absolute Gasteiger partial charge is 0.376 e. The summed E-state index contributed by atoms with van der Waals surface area (Å²) in [5.74, 6) is 0. The lowest BCUT2D eigenvalue weighted by molar-refractivity contribution is -0.104. The van der Waals surface area contributed by atoms with Crippen LogP contribution < -0.4 is 0 Å². The molecule has 1 aliphatic heterocycles. The molecule has 0 radical (unpaired) electrons. The SMILES string of the molecule is CC1=C(C=O)C=CN(C)C1. The van der Waals surface area contributed by atoms with Crippen molar-refractivity contribution in [2.75, 3.05) is 13.6 Å². The second-order valence-corrected chi connectivity index (χ2v) is 2.58. The highest BCUT2D eigenvalue weighted by molar-refractivity contribution is 5.79. The minimum absolute atomic E-state index is 0.818. The summed E-state index contributed by atoms with van der Waals surface area (Å²) in [5, 5.41) is 0. The molecule has 0 saturated heterocycles. The summed E-state index contributed by atoms with van der Waals surface area (Å²) in [5.41, 5.74) is 1.96. The predicted octanol–water partition coefficient (Wildman–Crippen LogP) is 0.961. The van der Waals surface area contributed by atoms with E-state index >= 15 is 0 Å². The maximum atomic E-state index is 10.3. The molecule has 1 aliphatic rings. The molecule has 54 valence electrons. The Balaban J connectivity index is 2.82. The molecule has 0 bridgehead atoms. The van der Waals surface area contributed by atoms with Crippen LogP contribution in [0, 0.1) is 0 Å². The fourth-order valence-electron chi connectivity index (χ4n) is 1.01. The zero-order valence-corrected chi connectivity index (χ0v) is 6.29. The fourth-order valence-corrected chi connectivity index (χ4v) is 1.01. The van der Waals surface area contributed by atoms with Gasteiger partial charge >= 0.3 is 0 Å². The molecule has 0 fully saturated rings. The zero-order valence-electron chi connectivity index (χ0n) is 6.29. The van der Waals surface area contributed by atoms with Crippen LogP contribution in [0.4, 0.5) is 0 Å². The molecule has 1 heterocycles. The van der Waals surface area contributed by atoms with Crippen molar-refractivity contribution in [2.45, 2.75) is 6.92 Å². The lowest BCUT2D eigenvalue weighted by Gasteiger charge is -2.19. The van der Waals surface area contributed by atoms with Crippen molar-refractivity contribution in [3.05, 3.63) is 23.4 Å². The Morgan fingerprint density at radius 2 is 2.40 bits per heavy atom. The van der Waals surface area contributed by atoms with Gasteiger partial charge in [0, 0.05) is 19.2 Å². The highest BCUT2D eigenvalue weighted by Gasteiger charge is 2.04. The van der Waals surface area contributed by atoms with E-state index in [0.717, 1.165) is 24.0 Å². The standard InChI is InChI=1S/C8H11NO/c1-7-5-9(2)4-3-8(7)6-10/h3-4,6H,5H2,1-2H3. The van der Waals surface area contributed by atoms with Crippen molar-refractivity contribution in [1.82, 2.24) is 4.90 Å². The van der Waals surface area contributed by atoms with Crippen LogP contribution in [0.25, 0.3) is 0 Å². The van der Waals surface area contributed by atoms with E-state index in [9.17, 15) is 4.79 Å². The third-order valence-corrected chi connectivity index (χ3v) is 1.61. The first-order valence-electron chi connectivity index (χ1n) is 3.27. The van der Waals surface area contributed by atoms with Crippen molar-refractivity contribution < 1.29 is 4.79 Å². The average molecular weight is 137 g/mol. The minimum atomic E-state index is 0.818. The van der Waals surface area contributed by atoms with Crippen molar-refractivity contribution in [1.29, 1.82) is 0 Å². The van der Waals surface area contributed by atoms with Gasteiger partial charge in [-0.05, 0) is 24.8 Å². The molecule has 0 aromatic rings. The van der Waals surface area contributed by atoms with Crippen molar-refractivity contribution in [3.63, 3.8) is 0 Å². The summed E-state index contributed by atoms with van der Waals surface area (Å²) in [6.07, 6.45) is 4.65. The number of hydrogen-bond acceptors (Lipinski definition) is 2. The number of rotatable bonds is 1. The van der Waals surface area contributed by atoms with E-state index in [1.54, 1.807) is 0 Å². The molecule has 0 aromatic heterocycles. The smallest absolute Gasteiger partial charge is 0.150 e. The molecular formula is C8H11NO. The van der Waals surface area contributed by atoms with Gasteiger partial charge in [0.1, 0.15) is 6.29 Å². The number of carbonyl (C=O) groups is 1. The van der Waals surface area contributed by atoms with Gasteiger partial charge in [-0.3, -0.25) is 4.79 Å². The first kappa shape index (κ1) is 7.06. The van der Waals surface area contributed by atoms with Crippen LogP contribution in [0.15, 0.2) is 23.4 Å². The molecule has 0 N–H and O–H groups in total. The van der Waals surface area contributed by atoms with Crippen LogP contribution in [0.5, 0.6) is 0 Å². The second kappa shape index (κ2) is 2.69. The third-order valence-electron chi connectivity index (χ3n) is 1.61. The molecule has 0 amide bonds. The van der Waals surface area contributed by atoms with E-state index in [-0.39, 0.29) is 0 Å². The lowest BCUT2D eigenvalue weighted by atomic mass is 10.1. The van der Waals surface area contributed by atoms with Gasteiger partial charge in [0.15, 0.2) is 0 Å². The number of aldehydes is 1. The number of allylic oxidation sites excluding steroid dienone is 2. The van der Waals surface area contributed by atoms with E-state index in [1.807, 2.05) is 31.1 Å². The molecule has 0 saturated carbocycles. The third kappa shape index (κ3) is 1.26. The molecule has 0 atom stereocenters. The quantitative estimate of drug-likeness (QED) is 0.502. The molecule has 0 spiro atoms. The first-order valence-corrected chi connectivity index (χ1v) is 3.27. The lowest BCUT2D eigenvalue weighted by Crippen LogP contribution is -2.17. The summed E-state index contributed by atoms with van der Waals surface area (Å²) in [7, 11) is 1.99. The maximum absolute atomic E-state index is 10.3. The Labute approximate surface area is 60.8 Å². The van der Waals surface area contributed by atoms with E-state index in [2.05, 4.69) is 0 Å². The number of nitrogens with zero attached hydrogens (tertiary/aromatic N) is 1. The average Bonchev–Trinajstić information content (AvgIpc) is 1.88. The Morgan fingerprint density at radius 1 is 1.70 bits per heavy atom. The molecule has 1 rings (SSSR count). The Bertz CT molecular complexity index is 203. The molecule has 0 unspecified atom stereocenters. The maximum Gasteiger partial charge on any atom is 0.150 e. The van der Waals surface area contributed by atoms with Gasteiger partial charge in [-0.25, -0.2) is 0 Å². The van der Waals surface area contributed by atoms with Crippen LogP contribution >= 0.6 is 0 Å². The number of likely N-dealkylation sites (N-methyl/N-ethyl adjacent to an activating group) is 1. The van der Waals surface area contributed by atoms with Crippen LogP contribution in [0.3, 0.4) is 0 Å². The summed E-state index contributed by atoms with van der Waals surface area (Å²) in [6, 6.07) is 0. The molecular weight excluding hydrogens is 126 g/mol. The van der Waals surface area contributed by atoms with Crippen molar-refractivity contribution >= 4 is 6.29 Å². The van der Waals surface area contributed by atoms with Gasteiger partial charge in [-0.15, -0.1) is 0 Å². The molecule has 0 aliphatic carbocycles. The summed E-state index contributed by atoms with van der Waals surface area (Å²) in [4.78, 5) is 12.4. The number of carbonyl (C=O) groups excluding carboxylic acids is 1. The Hall–Kier alpha value is -1.05. The normalized spacial score (nSPS) is 18.0. The second-order valence-electron chi connectivity index (χ2n) is 2.58. The van der Waals surface area contributed by atoms with Gasteiger partial charge in [-0.1, -0.05) is 0 Å². The van der Waals surface area contributed by atoms with E-state index in [0.29, 0.717) is 0 Å². The van der Waals surface area contributed by atoms with Crippen molar-refractivity contribution in [3.8, 4) is 0 Å². The zero-order chi connectivity index (χ0) is 7.56. The van der Waals surface area contributed by atoms with Gasteiger partial charge in [0.25, 0.3) is 0 Å². The number of hydrogen-bond donors (Lipinski definition) is 0. The van der Waals surface area contributed by atoms with E-state index in [1.165, 1.54) is 0 Å². The van der Waals surface area contributed by atoms with Crippen LogP contribution in [0.2, 0.25) is 0 Å². The first-order chi connectivity index (χ1) is 4.74. The van der Waals surface area contributed by atoms with Crippen molar-refractivity contribution in [2.24, 2.45) is 0 Å². The van der Waals surface area contributed by atoms with Gasteiger partial charge in [-0.2, -0.15) is 0 Å². The topological polar surface area (TPSA) is 20.3 Å². The van der Waals surface area contributed by atoms with Gasteiger partial charge in [0.05, 0.1) is 0 Å². The van der Waals surface area contributed by atoms with Gasteiger partial charge < -0.3 is 4.90 Å². The van der Waals surface area contributed by atoms with Gasteiger partial charge in [0.2, 0.25) is 0 Å².